The van der Waals surface area contributed by atoms with Gasteiger partial charge in [0.1, 0.15) is 11.5 Å². The van der Waals surface area contributed by atoms with Crippen LogP contribution in [0.5, 0.6) is 0 Å². The molecule has 0 spiro atoms. The number of fused-ring (bicyclic) bond motifs is 1. The quantitative estimate of drug-likeness (QED) is 0.836. The molecule has 1 unspecified atom stereocenters. The van der Waals surface area contributed by atoms with Gasteiger partial charge in [0.2, 0.25) is 0 Å². The highest BCUT2D eigenvalue weighted by molar-refractivity contribution is 5.06. The predicted octanol–water partition coefficient (Wildman–Crippen LogP) is 1.15. The Balaban J connectivity index is 1.68. The molecule has 1 N–H and O–H groups in total. The summed E-state index contributed by atoms with van der Waals surface area (Å²) in [5.41, 5.74) is 0. The molecule has 1 aromatic rings. The number of aryl methyl sites for hydroxylation is 1. The van der Waals surface area contributed by atoms with Crippen LogP contribution >= 0.6 is 0 Å². The molecule has 94 valence electrons. The molecule has 2 saturated heterocycles. The second kappa shape index (κ2) is 4.80. The zero-order valence-corrected chi connectivity index (χ0v) is 10.3. The van der Waals surface area contributed by atoms with Gasteiger partial charge in [-0.05, 0) is 32.0 Å². The molecule has 4 heteroatoms. The van der Waals surface area contributed by atoms with Gasteiger partial charge in [0, 0.05) is 19.1 Å². The number of morpholine rings is 1. The number of nitrogens with zero attached hydrogens (tertiary/aromatic N) is 1. The molecule has 0 radical (unpaired) electrons. The summed E-state index contributed by atoms with van der Waals surface area (Å²) in [6.07, 6.45) is 1.53. The van der Waals surface area contributed by atoms with E-state index in [1.165, 1.54) is 6.42 Å². The highest BCUT2D eigenvalue weighted by Gasteiger charge is 2.34. The SMILES string of the molecule is Cc1ccc(CN2CCOC3CNCC[C@H]32)o1. The molecule has 0 aliphatic carbocycles. The van der Waals surface area contributed by atoms with E-state index in [2.05, 4.69) is 16.3 Å². The molecule has 2 fully saturated rings. The van der Waals surface area contributed by atoms with E-state index in [9.17, 15) is 0 Å². The normalized spacial score (nSPS) is 30.2. The minimum Gasteiger partial charge on any atom is -0.465 e. The average molecular weight is 236 g/mol. The second-order valence-corrected chi connectivity index (χ2v) is 4.95. The van der Waals surface area contributed by atoms with Crippen LogP contribution in [0.25, 0.3) is 0 Å². The highest BCUT2D eigenvalue weighted by atomic mass is 16.5. The van der Waals surface area contributed by atoms with Crippen molar-refractivity contribution in [2.24, 2.45) is 0 Å². The Bertz CT molecular complexity index is 375. The molecule has 2 atom stereocenters. The Morgan fingerprint density at radius 2 is 2.41 bits per heavy atom. The molecule has 0 saturated carbocycles. The Morgan fingerprint density at radius 1 is 1.47 bits per heavy atom. The average Bonchev–Trinajstić information content (AvgIpc) is 2.75. The third kappa shape index (κ3) is 2.39. The molecule has 3 heterocycles. The van der Waals surface area contributed by atoms with E-state index in [-0.39, 0.29) is 0 Å². The molecule has 0 bridgehead atoms. The molecular formula is C13H20N2O2. The summed E-state index contributed by atoms with van der Waals surface area (Å²) in [6, 6.07) is 4.67. The fraction of sp³-hybridized carbons (Fsp3) is 0.692. The van der Waals surface area contributed by atoms with E-state index >= 15 is 0 Å². The summed E-state index contributed by atoms with van der Waals surface area (Å²) < 4.78 is 11.5. The fourth-order valence-corrected chi connectivity index (χ4v) is 2.86. The number of ether oxygens (including phenoxy) is 1. The fourth-order valence-electron chi connectivity index (χ4n) is 2.86. The Hall–Kier alpha value is -0.840. The van der Waals surface area contributed by atoms with Crippen LogP contribution in [0.1, 0.15) is 17.9 Å². The van der Waals surface area contributed by atoms with Gasteiger partial charge in [0.05, 0.1) is 19.3 Å². The zero-order chi connectivity index (χ0) is 11.7. The van der Waals surface area contributed by atoms with Gasteiger partial charge in [-0.15, -0.1) is 0 Å². The van der Waals surface area contributed by atoms with E-state index in [1.807, 2.05) is 13.0 Å². The maximum absolute atomic E-state index is 5.82. The predicted molar refractivity (Wildman–Crippen MR) is 64.9 cm³/mol. The van der Waals surface area contributed by atoms with Crippen molar-refractivity contribution in [3.63, 3.8) is 0 Å². The van der Waals surface area contributed by atoms with Crippen molar-refractivity contribution in [3.05, 3.63) is 23.7 Å². The number of piperidine rings is 1. The maximum Gasteiger partial charge on any atom is 0.118 e. The number of nitrogens with one attached hydrogen (secondary N) is 1. The monoisotopic (exact) mass is 236 g/mol. The molecular weight excluding hydrogens is 216 g/mol. The molecule has 0 amide bonds. The number of hydrogen-bond acceptors (Lipinski definition) is 4. The van der Waals surface area contributed by atoms with Crippen molar-refractivity contribution in [1.29, 1.82) is 0 Å². The lowest BCUT2D eigenvalue weighted by molar-refractivity contribution is -0.0859. The molecule has 2 aliphatic heterocycles. The molecule has 1 aromatic heterocycles. The molecule has 3 rings (SSSR count). The van der Waals surface area contributed by atoms with E-state index in [4.69, 9.17) is 9.15 Å². The van der Waals surface area contributed by atoms with Crippen LogP contribution < -0.4 is 5.32 Å². The van der Waals surface area contributed by atoms with Gasteiger partial charge < -0.3 is 14.5 Å². The van der Waals surface area contributed by atoms with Crippen molar-refractivity contribution in [2.75, 3.05) is 26.2 Å². The van der Waals surface area contributed by atoms with Crippen LogP contribution in [0.2, 0.25) is 0 Å². The van der Waals surface area contributed by atoms with Crippen molar-refractivity contribution in [3.8, 4) is 0 Å². The van der Waals surface area contributed by atoms with Crippen LogP contribution in [0.15, 0.2) is 16.5 Å². The van der Waals surface area contributed by atoms with Crippen LogP contribution in [-0.4, -0.2) is 43.3 Å². The van der Waals surface area contributed by atoms with Crippen molar-refractivity contribution >= 4 is 0 Å². The lowest BCUT2D eigenvalue weighted by Crippen LogP contribution is -2.57. The minimum absolute atomic E-state index is 0.355. The van der Waals surface area contributed by atoms with E-state index < -0.39 is 0 Å². The van der Waals surface area contributed by atoms with Crippen LogP contribution in [0, 0.1) is 6.92 Å². The first-order chi connectivity index (χ1) is 8.33. The third-order valence-electron chi connectivity index (χ3n) is 3.73. The van der Waals surface area contributed by atoms with E-state index in [1.54, 1.807) is 0 Å². The van der Waals surface area contributed by atoms with Gasteiger partial charge in [-0.2, -0.15) is 0 Å². The minimum atomic E-state index is 0.355. The van der Waals surface area contributed by atoms with Gasteiger partial charge in [-0.1, -0.05) is 0 Å². The number of furan rings is 1. The molecule has 2 aliphatic rings. The Kier molecular flexibility index (Phi) is 3.18. The lowest BCUT2D eigenvalue weighted by Gasteiger charge is -2.43. The summed E-state index contributed by atoms with van der Waals surface area (Å²) >= 11 is 0. The molecule has 17 heavy (non-hydrogen) atoms. The summed E-state index contributed by atoms with van der Waals surface area (Å²) in [5.74, 6) is 2.07. The highest BCUT2D eigenvalue weighted by Crippen LogP contribution is 2.22. The summed E-state index contributed by atoms with van der Waals surface area (Å²) in [7, 11) is 0. The molecule has 4 nitrogen and oxygen atoms in total. The number of rotatable bonds is 2. The zero-order valence-electron chi connectivity index (χ0n) is 10.3. The lowest BCUT2D eigenvalue weighted by atomic mass is 10.00. The molecule has 0 aromatic carbocycles. The first-order valence-corrected chi connectivity index (χ1v) is 6.44. The Morgan fingerprint density at radius 3 is 3.24 bits per heavy atom. The first kappa shape index (κ1) is 11.3. The third-order valence-corrected chi connectivity index (χ3v) is 3.73. The summed E-state index contributed by atoms with van der Waals surface area (Å²) in [4.78, 5) is 2.51. The van der Waals surface area contributed by atoms with Crippen molar-refractivity contribution < 1.29 is 9.15 Å². The standard InChI is InChI=1S/C13H20N2O2/c1-10-2-3-11(17-10)9-15-6-7-16-13-8-14-5-4-12(13)15/h2-3,12-14H,4-9H2,1H3/t12-,13?/m1/s1. The maximum atomic E-state index is 5.82. The first-order valence-electron chi connectivity index (χ1n) is 6.44. The van der Waals surface area contributed by atoms with Crippen molar-refractivity contribution in [2.45, 2.75) is 32.0 Å². The van der Waals surface area contributed by atoms with Gasteiger partial charge in [0.25, 0.3) is 0 Å². The largest absolute Gasteiger partial charge is 0.465 e. The Labute approximate surface area is 102 Å². The topological polar surface area (TPSA) is 37.6 Å². The van der Waals surface area contributed by atoms with E-state index in [0.29, 0.717) is 12.1 Å². The second-order valence-electron chi connectivity index (χ2n) is 4.95. The summed E-state index contributed by atoms with van der Waals surface area (Å²) in [5, 5.41) is 3.40. The van der Waals surface area contributed by atoms with Crippen LogP contribution in [-0.2, 0) is 11.3 Å². The van der Waals surface area contributed by atoms with Gasteiger partial charge in [0.15, 0.2) is 0 Å². The number of hydrogen-bond donors (Lipinski definition) is 1. The smallest absolute Gasteiger partial charge is 0.118 e. The van der Waals surface area contributed by atoms with Gasteiger partial charge >= 0.3 is 0 Å². The van der Waals surface area contributed by atoms with Crippen LogP contribution in [0.3, 0.4) is 0 Å². The van der Waals surface area contributed by atoms with Crippen molar-refractivity contribution in [1.82, 2.24) is 10.2 Å². The summed E-state index contributed by atoms with van der Waals surface area (Å²) in [6.45, 7) is 6.84. The van der Waals surface area contributed by atoms with Crippen LogP contribution in [0.4, 0.5) is 0 Å². The van der Waals surface area contributed by atoms with Gasteiger partial charge in [-0.25, -0.2) is 0 Å². The van der Waals surface area contributed by atoms with E-state index in [0.717, 1.165) is 44.3 Å². The van der Waals surface area contributed by atoms with Gasteiger partial charge in [-0.3, -0.25) is 4.90 Å².